The summed E-state index contributed by atoms with van der Waals surface area (Å²) in [5.74, 6) is 1.09. The minimum atomic E-state index is 0.874. The predicted molar refractivity (Wildman–Crippen MR) is 48.5 cm³/mol. The van der Waals surface area contributed by atoms with Gasteiger partial charge in [-0.1, -0.05) is 32.6 Å². The van der Waals surface area contributed by atoms with Crippen LogP contribution < -0.4 is 0 Å². The average Bonchev–Trinajstić information content (AvgIpc) is 2.02. The van der Waals surface area contributed by atoms with Crippen LogP contribution in [0.25, 0.3) is 0 Å². The molecule has 1 atom stereocenters. The van der Waals surface area contributed by atoms with E-state index < -0.39 is 0 Å². The fraction of sp³-hybridized carbons (Fsp3) is 1.00. The normalized spacial score (nSPS) is 35.2. The summed E-state index contributed by atoms with van der Waals surface area (Å²) in [4.78, 5) is 0. The molecular weight excluding hydrogens is 132 g/mol. The molecule has 0 nitrogen and oxygen atoms in total. The maximum Gasteiger partial charge on any atom is -0.0295 e. The van der Waals surface area contributed by atoms with Crippen molar-refractivity contribution in [2.24, 2.45) is 11.3 Å². The monoisotopic (exact) mass is 152 g/mol. The molecule has 0 aromatic rings. The van der Waals surface area contributed by atoms with E-state index >= 15 is 0 Å². The van der Waals surface area contributed by atoms with E-state index in [-0.39, 0.29) is 0 Å². The molecule has 11 heavy (non-hydrogen) atoms. The number of rotatable bonds is 1. The van der Waals surface area contributed by atoms with Crippen LogP contribution >= 0.6 is 0 Å². The second-order valence-electron chi connectivity index (χ2n) is 4.72. The summed E-state index contributed by atoms with van der Waals surface area (Å²) >= 11 is 0. The predicted octanol–water partition coefficient (Wildman–Crippen LogP) is 3.76. The molecule has 0 heterocycles. The van der Waals surface area contributed by atoms with Crippen molar-refractivity contribution in [1.29, 1.82) is 0 Å². The second-order valence-corrected chi connectivity index (χ2v) is 4.72. The van der Waals surface area contributed by atoms with Gasteiger partial charge < -0.3 is 0 Å². The summed E-state index contributed by atoms with van der Waals surface area (Å²) in [6.07, 6.45) is 12.3. The van der Waals surface area contributed by atoms with E-state index in [1.807, 2.05) is 0 Å². The summed E-state index contributed by atoms with van der Waals surface area (Å²) in [5.41, 5.74) is 0.874. The van der Waals surface area contributed by atoms with Gasteiger partial charge in [-0.05, 0) is 37.0 Å². The average molecular weight is 152 g/mol. The van der Waals surface area contributed by atoms with Crippen LogP contribution in [-0.2, 0) is 0 Å². The van der Waals surface area contributed by atoms with E-state index in [1.54, 1.807) is 25.7 Å². The highest BCUT2D eigenvalue weighted by Gasteiger charge is 2.40. The quantitative estimate of drug-likeness (QED) is 0.536. The van der Waals surface area contributed by atoms with Gasteiger partial charge in [0.2, 0.25) is 0 Å². The van der Waals surface area contributed by atoms with Gasteiger partial charge in [-0.15, -0.1) is 0 Å². The Balaban J connectivity index is 1.92. The van der Waals surface area contributed by atoms with Gasteiger partial charge in [0.05, 0.1) is 0 Å². The first-order chi connectivity index (χ1) is 5.35. The van der Waals surface area contributed by atoms with Crippen LogP contribution in [0.15, 0.2) is 0 Å². The first-order valence-corrected chi connectivity index (χ1v) is 5.35. The molecule has 0 unspecified atom stereocenters. The van der Waals surface area contributed by atoms with Gasteiger partial charge in [0.15, 0.2) is 0 Å². The molecule has 2 fully saturated rings. The van der Waals surface area contributed by atoms with Crippen molar-refractivity contribution in [3.05, 3.63) is 0 Å². The Morgan fingerprint density at radius 2 is 1.91 bits per heavy atom. The van der Waals surface area contributed by atoms with Crippen LogP contribution in [0.5, 0.6) is 0 Å². The first kappa shape index (κ1) is 7.64. The fourth-order valence-electron chi connectivity index (χ4n) is 3.06. The van der Waals surface area contributed by atoms with Crippen molar-refractivity contribution in [3.63, 3.8) is 0 Å². The molecule has 2 aliphatic rings. The van der Waals surface area contributed by atoms with Gasteiger partial charge in [0.1, 0.15) is 0 Å². The van der Waals surface area contributed by atoms with E-state index in [1.165, 1.54) is 25.7 Å². The van der Waals surface area contributed by atoms with E-state index in [2.05, 4.69) is 6.92 Å². The molecule has 0 saturated heterocycles. The highest BCUT2D eigenvalue weighted by atomic mass is 14.4. The van der Waals surface area contributed by atoms with Crippen LogP contribution in [0.3, 0.4) is 0 Å². The number of hydrogen-bond acceptors (Lipinski definition) is 0. The largest absolute Gasteiger partial charge is 0.0651 e. The topological polar surface area (TPSA) is 0 Å². The Morgan fingerprint density at radius 3 is 2.45 bits per heavy atom. The molecule has 0 bridgehead atoms. The Morgan fingerprint density at radius 1 is 1.18 bits per heavy atom. The maximum absolute atomic E-state index is 2.36. The molecule has 0 aromatic heterocycles. The Bertz CT molecular complexity index is 133. The lowest BCUT2D eigenvalue weighted by atomic mass is 9.58. The van der Waals surface area contributed by atoms with Gasteiger partial charge >= 0.3 is 0 Å². The minimum absolute atomic E-state index is 0.874. The Kier molecular flexibility index (Phi) is 1.95. The molecule has 0 amide bonds. The van der Waals surface area contributed by atoms with E-state index in [0.717, 1.165) is 11.3 Å². The summed E-state index contributed by atoms with van der Waals surface area (Å²) in [7, 11) is 0. The second kappa shape index (κ2) is 2.80. The first-order valence-electron chi connectivity index (χ1n) is 5.35. The highest BCUT2D eigenvalue weighted by molar-refractivity contribution is 4.92. The smallest absolute Gasteiger partial charge is 0.0295 e. The zero-order valence-corrected chi connectivity index (χ0v) is 7.73. The van der Waals surface area contributed by atoms with Crippen molar-refractivity contribution in [1.82, 2.24) is 0 Å². The van der Waals surface area contributed by atoms with E-state index in [4.69, 9.17) is 0 Å². The van der Waals surface area contributed by atoms with Crippen molar-refractivity contribution < 1.29 is 0 Å². The van der Waals surface area contributed by atoms with E-state index in [0.29, 0.717) is 0 Å². The van der Waals surface area contributed by atoms with Crippen molar-refractivity contribution >= 4 is 0 Å². The SMILES string of the molecule is CC[C@@H]1CCCC2(CCC2)C1. The lowest BCUT2D eigenvalue weighted by Crippen LogP contribution is -2.34. The molecule has 0 radical (unpaired) electrons. The lowest BCUT2D eigenvalue weighted by Gasteiger charge is -2.47. The molecule has 0 N–H and O–H groups in total. The summed E-state index contributed by atoms with van der Waals surface area (Å²) in [6.45, 7) is 2.36. The molecule has 0 heteroatoms. The molecule has 64 valence electrons. The summed E-state index contributed by atoms with van der Waals surface area (Å²) in [5, 5.41) is 0. The van der Waals surface area contributed by atoms with Crippen molar-refractivity contribution in [2.45, 2.75) is 58.3 Å². The van der Waals surface area contributed by atoms with Crippen molar-refractivity contribution in [2.75, 3.05) is 0 Å². The van der Waals surface area contributed by atoms with Crippen LogP contribution in [0.4, 0.5) is 0 Å². The Labute approximate surface area is 70.4 Å². The maximum atomic E-state index is 2.36. The molecular formula is C11H20. The summed E-state index contributed by atoms with van der Waals surface area (Å²) < 4.78 is 0. The molecule has 2 rings (SSSR count). The van der Waals surface area contributed by atoms with Gasteiger partial charge in [0, 0.05) is 0 Å². The van der Waals surface area contributed by atoms with Gasteiger partial charge in [-0.2, -0.15) is 0 Å². The van der Waals surface area contributed by atoms with Crippen molar-refractivity contribution in [3.8, 4) is 0 Å². The lowest BCUT2D eigenvalue weighted by molar-refractivity contribution is 0.0454. The number of hydrogen-bond donors (Lipinski definition) is 0. The fourth-order valence-corrected chi connectivity index (χ4v) is 3.06. The third-order valence-electron chi connectivity index (χ3n) is 4.03. The molecule has 1 spiro atoms. The van der Waals surface area contributed by atoms with E-state index in [9.17, 15) is 0 Å². The Hall–Kier alpha value is 0. The van der Waals surface area contributed by atoms with Crippen LogP contribution in [0.2, 0.25) is 0 Å². The summed E-state index contributed by atoms with van der Waals surface area (Å²) in [6, 6.07) is 0. The van der Waals surface area contributed by atoms with Gasteiger partial charge in [0.25, 0.3) is 0 Å². The zero-order valence-electron chi connectivity index (χ0n) is 7.73. The zero-order chi connectivity index (χ0) is 7.73. The molecule has 0 aromatic carbocycles. The third-order valence-corrected chi connectivity index (χ3v) is 4.03. The molecule has 0 aliphatic heterocycles. The van der Waals surface area contributed by atoms with Crippen LogP contribution in [-0.4, -0.2) is 0 Å². The minimum Gasteiger partial charge on any atom is -0.0651 e. The van der Waals surface area contributed by atoms with Crippen LogP contribution in [0.1, 0.15) is 58.3 Å². The highest BCUT2D eigenvalue weighted by Crippen LogP contribution is 2.53. The van der Waals surface area contributed by atoms with Gasteiger partial charge in [-0.25, -0.2) is 0 Å². The third kappa shape index (κ3) is 1.32. The molecule has 2 aliphatic carbocycles. The molecule has 2 saturated carbocycles. The van der Waals surface area contributed by atoms with Crippen LogP contribution in [0, 0.1) is 11.3 Å². The standard InChI is InChI=1S/C11H20/c1-2-10-5-3-6-11(9-10)7-4-8-11/h10H,2-9H2,1H3/t10-/m1/s1. The van der Waals surface area contributed by atoms with Gasteiger partial charge in [-0.3, -0.25) is 0 Å².